The quantitative estimate of drug-likeness (QED) is 0.292. The minimum atomic E-state index is -0.136. The molecule has 1 rings (SSSR count). The lowest BCUT2D eigenvalue weighted by Gasteiger charge is -2.28. The molecule has 0 amide bonds. The van der Waals surface area contributed by atoms with Crippen molar-refractivity contribution in [3.05, 3.63) is 34.7 Å². The molecule has 0 aliphatic carbocycles. The summed E-state index contributed by atoms with van der Waals surface area (Å²) in [6.45, 7) is 19.7. The van der Waals surface area contributed by atoms with E-state index in [2.05, 4.69) is 88.4 Å². The first-order valence-corrected chi connectivity index (χ1v) is 11.9. The summed E-state index contributed by atoms with van der Waals surface area (Å²) in [5.74, 6) is 0. The second kappa shape index (κ2) is 12.4. The molecule has 0 heterocycles. The first-order valence-electron chi connectivity index (χ1n) is 11.1. The predicted octanol–water partition coefficient (Wildman–Crippen LogP) is 6.79. The zero-order valence-corrected chi connectivity index (χ0v) is 21.1. The van der Waals surface area contributed by atoms with Crippen molar-refractivity contribution in [2.75, 3.05) is 24.6 Å². The van der Waals surface area contributed by atoms with E-state index in [1.165, 1.54) is 17.6 Å². The van der Waals surface area contributed by atoms with Crippen molar-refractivity contribution in [1.29, 1.82) is 5.26 Å². The van der Waals surface area contributed by atoms with E-state index in [1.807, 2.05) is 6.92 Å². The number of anilines is 1. The van der Waals surface area contributed by atoms with Gasteiger partial charge in [0.25, 0.3) is 0 Å². The average Bonchev–Trinajstić information content (AvgIpc) is 2.67. The second-order valence-corrected chi connectivity index (χ2v) is 10.2. The maximum absolute atomic E-state index is 9.72. The summed E-state index contributed by atoms with van der Waals surface area (Å²) in [6, 6.07) is 11.0. The molecule has 0 radical (unpaired) electrons. The van der Waals surface area contributed by atoms with Crippen LogP contribution < -0.4 is 9.62 Å². The monoisotopic (exact) mass is 431 g/mol. The van der Waals surface area contributed by atoms with Crippen molar-refractivity contribution in [3.8, 4) is 6.07 Å². The molecule has 0 aliphatic heterocycles. The molecular weight excluding hydrogens is 390 g/mol. The highest BCUT2D eigenvalue weighted by Gasteiger charge is 2.20. The van der Waals surface area contributed by atoms with Gasteiger partial charge in [-0.05, 0) is 96.0 Å². The summed E-state index contributed by atoms with van der Waals surface area (Å²) in [5, 5.41) is 9.72. The number of rotatable bonds is 12. The van der Waals surface area contributed by atoms with E-state index in [9.17, 15) is 5.26 Å². The molecule has 0 aromatic heterocycles. The number of hydrogen-bond donors (Lipinski definition) is 1. The summed E-state index contributed by atoms with van der Waals surface area (Å²) in [5.41, 5.74) is 3.07. The van der Waals surface area contributed by atoms with Crippen LogP contribution >= 0.6 is 11.9 Å². The van der Waals surface area contributed by atoms with Gasteiger partial charge >= 0.3 is 0 Å². The Labute approximate surface area is 189 Å². The standard InChI is InChI=1S/C25H41N3OS/c1-9-16-28(17-10-2)22-13-11-21(12-14-22)20(3)23(19-26)30-27-25(7,8)15-18-29-24(4,5)6/h11-14,27H,9-10,15-18H2,1-8H3/b23-20+. The molecule has 0 saturated heterocycles. The smallest absolute Gasteiger partial charge is 0.108 e. The Balaban J connectivity index is 2.82. The van der Waals surface area contributed by atoms with Gasteiger partial charge in [-0.3, -0.25) is 4.72 Å². The van der Waals surface area contributed by atoms with Gasteiger partial charge in [0.1, 0.15) is 11.0 Å². The number of nitrogens with one attached hydrogen (secondary N) is 1. The molecule has 1 aromatic rings. The molecule has 0 saturated carbocycles. The SMILES string of the molecule is CCCN(CCC)c1ccc(/C(C)=C(\C#N)SNC(C)(C)CCOC(C)(C)C)cc1. The van der Waals surface area contributed by atoms with Gasteiger partial charge in [-0.2, -0.15) is 5.26 Å². The predicted molar refractivity (Wildman–Crippen MR) is 133 cm³/mol. The lowest BCUT2D eigenvalue weighted by atomic mass is 10.0. The van der Waals surface area contributed by atoms with Gasteiger partial charge in [0.15, 0.2) is 0 Å². The van der Waals surface area contributed by atoms with Crippen molar-refractivity contribution in [2.45, 2.75) is 85.8 Å². The van der Waals surface area contributed by atoms with Crippen molar-refractivity contribution >= 4 is 23.2 Å². The van der Waals surface area contributed by atoms with E-state index in [0.717, 1.165) is 43.5 Å². The van der Waals surface area contributed by atoms with Crippen molar-refractivity contribution in [3.63, 3.8) is 0 Å². The third kappa shape index (κ3) is 9.55. The Kier molecular flexibility index (Phi) is 11.0. The van der Waals surface area contributed by atoms with Gasteiger partial charge < -0.3 is 9.64 Å². The topological polar surface area (TPSA) is 48.3 Å². The zero-order valence-electron chi connectivity index (χ0n) is 20.3. The van der Waals surface area contributed by atoms with Crippen LogP contribution in [0.1, 0.15) is 80.2 Å². The third-order valence-corrected chi connectivity index (χ3v) is 6.04. The Morgan fingerprint density at radius 2 is 1.63 bits per heavy atom. The highest BCUT2D eigenvalue weighted by Crippen LogP contribution is 2.28. The Morgan fingerprint density at radius 1 is 1.07 bits per heavy atom. The maximum atomic E-state index is 9.72. The lowest BCUT2D eigenvalue weighted by Crippen LogP contribution is -2.36. The molecule has 168 valence electrons. The fraction of sp³-hybridized carbons (Fsp3) is 0.640. The fourth-order valence-electron chi connectivity index (χ4n) is 3.00. The molecule has 0 aliphatic rings. The van der Waals surface area contributed by atoms with Gasteiger partial charge in [-0.15, -0.1) is 0 Å². The number of nitriles is 1. The van der Waals surface area contributed by atoms with E-state index >= 15 is 0 Å². The number of nitrogens with zero attached hydrogens (tertiary/aromatic N) is 2. The normalized spacial score (nSPS) is 13.0. The number of ether oxygens (including phenoxy) is 1. The molecule has 0 spiro atoms. The minimum Gasteiger partial charge on any atom is -0.376 e. The highest BCUT2D eigenvalue weighted by molar-refractivity contribution is 8.01. The molecule has 5 heteroatoms. The van der Waals surface area contributed by atoms with Crippen LogP contribution in [0, 0.1) is 11.3 Å². The van der Waals surface area contributed by atoms with Gasteiger partial charge in [0.2, 0.25) is 0 Å². The molecule has 0 fully saturated rings. The number of allylic oxidation sites excluding steroid dienone is 2. The van der Waals surface area contributed by atoms with Crippen molar-refractivity contribution in [1.82, 2.24) is 4.72 Å². The summed E-state index contributed by atoms with van der Waals surface area (Å²) in [4.78, 5) is 3.12. The molecule has 4 nitrogen and oxygen atoms in total. The van der Waals surface area contributed by atoms with Crippen molar-refractivity contribution < 1.29 is 4.74 Å². The van der Waals surface area contributed by atoms with E-state index in [4.69, 9.17) is 4.74 Å². The van der Waals surface area contributed by atoms with Crippen LogP contribution in [0.25, 0.3) is 5.57 Å². The van der Waals surface area contributed by atoms with Crippen LogP contribution in [0.2, 0.25) is 0 Å². The molecule has 1 aromatic carbocycles. The molecule has 1 N–H and O–H groups in total. The summed E-state index contributed by atoms with van der Waals surface area (Å²) < 4.78 is 9.31. The molecular formula is C25H41N3OS. The van der Waals surface area contributed by atoms with E-state index in [1.54, 1.807) is 0 Å². The van der Waals surface area contributed by atoms with Gasteiger partial charge in [-0.1, -0.05) is 26.0 Å². The largest absolute Gasteiger partial charge is 0.376 e. The van der Waals surface area contributed by atoms with Gasteiger partial charge in [0, 0.05) is 30.9 Å². The number of hydrogen-bond acceptors (Lipinski definition) is 5. The van der Waals surface area contributed by atoms with Crippen LogP contribution in [0.15, 0.2) is 29.2 Å². The van der Waals surface area contributed by atoms with E-state index < -0.39 is 0 Å². The summed E-state index contributed by atoms with van der Waals surface area (Å²) >= 11 is 1.42. The first-order chi connectivity index (χ1) is 14.0. The van der Waals surface area contributed by atoms with E-state index in [-0.39, 0.29) is 11.1 Å². The Bertz CT molecular complexity index is 705. The minimum absolute atomic E-state index is 0.131. The van der Waals surface area contributed by atoms with Crippen molar-refractivity contribution in [2.24, 2.45) is 0 Å². The van der Waals surface area contributed by atoms with E-state index in [0.29, 0.717) is 11.5 Å². The Morgan fingerprint density at radius 3 is 2.10 bits per heavy atom. The zero-order chi connectivity index (χ0) is 22.8. The van der Waals surface area contributed by atoms with Crippen LogP contribution in [0.4, 0.5) is 5.69 Å². The second-order valence-electron chi connectivity index (χ2n) is 9.40. The summed E-state index contributed by atoms with van der Waals surface area (Å²) in [6.07, 6.45) is 3.14. The first kappa shape index (κ1) is 26.6. The molecule has 0 atom stereocenters. The van der Waals surface area contributed by atoms with Gasteiger partial charge in [0.05, 0.1) is 5.60 Å². The summed E-state index contributed by atoms with van der Waals surface area (Å²) in [7, 11) is 0. The van der Waals surface area contributed by atoms with Crippen LogP contribution in [-0.2, 0) is 4.74 Å². The average molecular weight is 432 g/mol. The fourth-order valence-corrected chi connectivity index (χ4v) is 3.80. The molecule has 0 unspecified atom stereocenters. The Hall–Kier alpha value is -1.48. The van der Waals surface area contributed by atoms with Crippen LogP contribution in [-0.4, -0.2) is 30.8 Å². The molecule has 0 bridgehead atoms. The lowest BCUT2D eigenvalue weighted by molar-refractivity contribution is -0.0101. The number of benzene rings is 1. The third-order valence-electron chi connectivity index (χ3n) is 4.79. The molecule has 30 heavy (non-hydrogen) atoms. The van der Waals surface area contributed by atoms with Gasteiger partial charge in [-0.25, -0.2) is 0 Å². The highest BCUT2D eigenvalue weighted by atomic mass is 32.2. The van der Waals surface area contributed by atoms with Crippen LogP contribution in [0.5, 0.6) is 0 Å². The van der Waals surface area contributed by atoms with Crippen LogP contribution in [0.3, 0.4) is 0 Å². The maximum Gasteiger partial charge on any atom is 0.108 e.